The fourth-order valence-electron chi connectivity index (χ4n) is 5.49. The average molecular weight is 532 g/mol. The van der Waals surface area contributed by atoms with E-state index in [9.17, 15) is 0 Å². The summed E-state index contributed by atoms with van der Waals surface area (Å²) in [6.45, 7) is 3.26. The molecule has 1 aliphatic heterocycles. The number of hydrogen-bond acceptors (Lipinski definition) is 4. The molecular weight excluding hydrogens is 503 g/mol. The lowest BCUT2D eigenvalue weighted by atomic mass is 10.0. The van der Waals surface area contributed by atoms with E-state index in [1.54, 1.807) is 22.7 Å². The highest BCUT2D eigenvalue weighted by atomic mass is 32.1. The van der Waals surface area contributed by atoms with Crippen molar-refractivity contribution < 1.29 is 4.74 Å². The van der Waals surface area contributed by atoms with Gasteiger partial charge in [-0.2, -0.15) is 0 Å². The Bertz CT molecular complexity index is 1730. The van der Waals surface area contributed by atoms with Crippen LogP contribution in [0.1, 0.15) is 32.6 Å². The van der Waals surface area contributed by atoms with Crippen molar-refractivity contribution >= 4 is 55.6 Å². The lowest BCUT2D eigenvalue weighted by Gasteiger charge is -2.33. The fourth-order valence-corrected chi connectivity index (χ4v) is 6.94. The molecule has 7 rings (SSSR count). The molecule has 1 aliphatic rings. The van der Waals surface area contributed by atoms with Gasteiger partial charge in [-0.25, -0.2) is 0 Å². The van der Waals surface area contributed by atoms with E-state index in [4.69, 9.17) is 4.74 Å². The lowest BCUT2D eigenvalue weighted by molar-refractivity contribution is 0.473. The number of thiophene rings is 2. The van der Waals surface area contributed by atoms with Crippen LogP contribution in [0.5, 0.6) is 11.5 Å². The summed E-state index contributed by atoms with van der Waals surface area (Å²) in [5.41, 5.74) is 4.86. The monoisotopic (exact) mass is 531 g/mol. The number of rotatable bonds is 7. The maximum absolute atomic E-state index is 6.65. The zero-order valence-electron chi connectivity index (χ0n) is 21.4. The molecule has 2 nitrogen and oxygen atoms in total. The van der Waals surface area contributed by atoms with Gasteiger partial charge in [-0.3, -0.25) is 0 Å². The minimum Gasteiger partial charge on any atom is -0.453 e. The third-order valence-corrected chi connectivity index (χ3v) is 9.32. The molecule has 0 amide bonds. The molecule has 0 radical (unpaired) electrons. The molecule has 0 unspecified atom stereocenters. The Morgan fingerprint density at radius 1 is 0.605 bits per heavy atom. The van der Waals surface area contributed by atoms with E-state index in [-0.39, 0.29) is 0 Å². The van der Waals surface area contributed by atoms with Crippen LogP contribution in [0.2, 0.25) is 0 Å². The van der Waals surface area contributed by atoms with Crippen LogP contribution >= 0.6 is 22.7 Å². The summed E-state index contributed by atoms with van der Waals surface area (Å²) in [4.78, 5) is 5.09. The van der Waals surface area contributed by atoms with Gasteiger partial charge in [0.05, 0.1) is 11.4 Å². The number of anilines is 2. The third kappa shape index (κ3) is 4.28. The Morgan fingerprint density at radius 3 is 1.79 bits per heavy atom. The van der Waals surface area contributed by atoms with Crippen molar-refractivity contribution in [2.45, 2.75) is 32.6 Å². The molecule has 0 fully saturated rings. The van der Waals surface area contributed by atoms with Gasteiger partial charge < -0.3 is 9.64 Å². The van der Waals surface area contributed by atoms with Crippen LogP contribution in [0.4, 0.5) is 11.4 Å². The topological polar surface area (TPSA) is 12.5 Å². The van der Waals surface area contributed by atoms with Gasteiger partial charge in [0.2, 0.25) is 0 Å². The first-order valence-corrected chi connectivity index (χ1v) is 15.2. The van der Waals surface area contributed by atoms with Gasteiger partial charge in [-0.15, -0.1) is 22.7 Å². The van der Waals surface area contributed by atoms with Gasteiger partial charge in [0.25, 0.3) is 0 Å². The number of unbranched alkanes of at least 4 members (excludes halogenated alkanes) is 3. The Balaban J connectivity index is 1.33. The summed E-state index contributed by atoms with van der Waals surface area (Å²) in [5, 5.41) is 9.20. The van der Waals surface area contributed by atoms with Crippen LogP contribution in [0.25, 0.3) is 42.4 Å². The highest BCUT2D eigenvalue weighted by Crippen LogP contribution is 2.50. The third-order valence-electron chi connectivity index (χ3n) is 7.48. The van der Waals surface area contributed by atoms with Crippen LogP contribution in [0, 0.1) is 0 Å². The minimum atomic E-state index is 0.943. The maximum atomic E-state index is 6.65. The van der Waals surface area contributed by atoms with E-state index in [2.05, 4.69) is 108 Å². The standard InChI is InChI=1S/C34H29NOS2/c1-2-3-4-5-14-35-29-19-23-10-12-26(34-9-7-16-38-34)18-28(23)22-32(29)36-31-21-24-11-13-25(33-8-6-15-37-33)17-27(24)20-30(31)35/h6-13,15-22H,2-5,14H2,1H3. The van der Waals surface area contributed by atoms with Gasteiger partial charge in [-0.1, -0.05) is 62.6 Å². The van der Waals surface area contributed by atoms with E-state index < -0.39 is 0 Å². The molecule has 0 N–H and O–H groups in total. The molecule has 4 aromatic carbocycles. The second kappa shape index (κ2) is 9.94. The van der Waals surface area contributed by atoms with Crippen LogP contribution < -0.4 is 9.64 Å². The largest absolute Gasteiger partial charge is 0.453 e. The first kappa shape index (κ1) is 23.5. The van der Waals surface area contributed by atoms with E-state index >= 15 is 0 Å². The quantitative estimate of drug-likeness (QED) is 0.190. The molecule has 188 valence electrons. The Labute approximate surface area is 231 Å². The molecule has 0 atom stereocenters. The number of hydrogen-bond donors (Lipinski definition) is 0. The summed E-state index contributed by atoms with van der Waals surface area (Å²) >= 11 is 3.57. The van der Waals surface area contributed by atoms with E-state index in [0.717, 1.165) is 24.5 Å². The predicted octanol–water partition coefficient (Wildman–Crippen LogP) is 11.3. The van der Waals surface area contributed by atoms with Gasteiger partial charge in [-0.05, 0) is 98.4 Å². The Hall–Kier alpha value is -3.60. The molecule has 0 aliphatic carbocycles. The zero-order chi connectivity index (χ0) is 25.5. The summed E-state index contributed by atoms with van der Waals surface area (Å²) in [7, 11) is 0. The summed E-state index contributed by atoms with van der Waals surface area (Å²) < 4.78 is 6.65. The SMILES string of the molecule is CCCCCCN1c2cc3ccc(-c4cccs4)cc3cc2Oc2cc3ccc(-c4cccs4)cc3cc21. The molecule has 0 saturated heterocycles. The molecule has 0 spiro atoms. The average Bonchev–Trinajstić information content (AvgIpc) is 3.68. The molecule has 38 heavy (non-hydrogen) atoms. The van der Waals surface area contributed by atoms with Crippen molar-refractivity contribution in [3.8, 4) is 32.4 Å². The summed E-state index contributed by atoms with van der Waals surface area (Å²) in [6.07, 6.45) is 4.92. The van der Waals surface area contributed by atoms with Crippen molar-refractivity contribution in [1.82, 2.24) is 0 Å². The highest BCUT2D eigenvalue weighted by Gasteiger charge is 2.25. The summed E-state index contributed by atoms with van der Waals surface area (Å²) in [5.74, 6) is 1.89. The van der Waals surface area contributed by atoms with Crippen molar-refractivity contribution in [2.75, 3.05) is 11.4 Å². The minimum absolute atomic E-state index is 0.943. The predicted molar refractivity (Wildman–Crippen MR) is 166 cm³/mol. The number of fused-ring (bicyclic) bond motifs is 4. The van der Waals surface area contributed by atoms with E-state index in [1.165, 1.54) is 73.1 Å². The highest BCUT2D eigenvalue weighted by molar-refractivity contribution is 7.13. The lowest BCUT2D eigenvalue weighted by Crippen LogP contribution is -2.22. The first-order chi connectivity index (χ1) is 18.8. The van der Waals surface area contributed by atoms with Crippen LogP contribution in [-0.2, 0) is 0 Å². The molecule has 0 saturated carbocycles. The second-order valence-electron chi connectivity index (χ2n) is 10.0. The van der Waals surface area contributed by atoms with Crippen molar-refractivity contribution in [3.05, 3.63) is 95.7 Å². The molecule has 4 heteroatoms. The second-order valence-corrected chi connectivity index (χ2v) is 11.9. The molecular formula is C34H29NOS2. The van der Waals surface area contributed by atoms with Gasteiger partial charge >= 0.3 is 0 Å². The molecule has 0 bridgehead atoms. The number of nitrogens with zero attached hydrogens (tertiary/aromatic N) is 1. The summed E-state index contributed by atoms with van der Waals surface area (Å²) in [6, 6.07) is 31.3. The fraction of sp³-hybridized carbons (Fsp3) is 0.176. The smallest absolute Gasteiger partial charge is 0.151 e. The van der Waals surface area contributed by atoms with E-state index in [1.807, 2.05) is 0 Å². The van der Waals surface area contributed by atoms with Crippen LogP contribution in [0.3, 0.4) is 0 Å². The Morgan fingerprint density at radius 2 is 1.18 bits per heavy atom. The van der Waals surface area contributed by atoms with Gasteiger partial charge in [0.1, 0.15) is 0 Å². The van der Waals surface area contributed by atoms with Crippen molar-refractivity contribution in [1.29, 1.82) is 0 Å². The molecule has 6 aromatic rings. The maximum Gasteiger partial charge on any atom is 0.151 e. The molecule has 3 heterocycles. The number of ether oxygens (including phenoxy) is 1. The van der Waals surface area contributed by atoms with E-state index in [0.29, 0.717) is 0 Å². The van der Waals surface area contributed by atoms with Crippen molar-refractivity contribution in [3.63, 3.8) is 0 Å². The Kier molecular flexibility index (Phi) is 6.15. The number of benzene rings is 4. The van der Waals surface area contributed by atoms with Crippen LogP contribution in [0.15, 0.2) is 95.7 Å². The van der Waals surface area contributed by atoms with Crippen LogP contribution in [-0.4, -0.2) is 6.54 Å². The molecule has 2 aromatic heterocycles. The van der Waals surface area contributed by atoms with Crippen molar-refractivity contribution in [2.24, 2.45) is 0 Å². The zero-order valence-corrected chi connectivity index (χ0v) is 23.1. The van der Waals surface area contributed by atoms with Gasteiger partial charge in [0.15, 0.2) is 11.5 Å². The first-order valence-electron chi connectivity index (χ1n) is 13.5. The normalized spacial score (nSPS) is 12.5. The van der Waals surface area contributed by atoms with Gasteiger partial charge in [0, 0.05) is 16.3 Å².